The summed E-state index contributed by atoms with van der Waals surface area (Å²) in [6.45, 7) is 0. The van der Waals surface area contributed by atoms with E-state index in [-0.39, 0.29) is 5.82 Å². The van der Waals surface area contributed by atoms with Crippen molar-refractivity contribution in [3.8, 4) is 16.9 Å². The minimum absolute atomic E-state index is 0.298. The lowest BCUT2D eigenvalue weighted by Gasteiger charge is -2.10. The van der Waals surface area contributed by atoms with Crippen LogP contribution in [0.3, 0.4) is 0 Å². The zero-order valence-corrected chi connectivity index (χ0v) is 11.2. The number of rotatable bonds is 3. The van der Waals surface area contributed by atoms with Crippen molar-refractivity contribution in [2.45, 2.75) is 0 Å². The maximum absolute atomic E-state index is 12.9. The smallest absolute Gasteiger partial charge is 0.151 e. The van der Waals surface area contributed by atoms with Crippen LogP contribution in [-0.2, 0) is 0 Å². The first-order valence-electron chi connectivity index (χ1n) is 5.24. The summed E-state index contributed by atoms with van der Waals surface area (Å²) in [6, 6.07) is 9.50. The summed E-state index contributed by atoms with van der Waals surface area (Å²) in [5, 5.41) is 0. The van der Waals surface area contributed by atoms with Crippen LogP contribution in [0, 0.1) is 5.82 Å². The number of hydrogen-bond donors (Lipinski definition) is 0. The molecule has 0 atom stereocenters. The summed E-state index contributed by atoms with van der Waals surface area (Å²) < 4.78 is 18.7. The Balaban J connectivity index is 2.62. The first-order valence-corrected chi connectivity index (χ1v) is 6.03. The molecule has 0 amide bonds. The molecular formula is C14H10BrFO2. The van der Waals surface area contributed by atoms with Crippen molar-refractivity contribution >= 4 is 22.2 Å². The fraction of sp³-hybridized carbons (Fsp3) is 0.0714. The molecule has 0 N–H and O–H groups in total. The van der Waals surface area contributed by atoms with Gasteiger partial charge in [-0.15, -0.1) is 0 Å². The normalized spacial score (nSPS) is 10.2. The van der Waals surface area contributed by atoms with Crippen molar-refractivity contribution in [1.82, 2.24) is 0 Å². The predicted molar refractivity (Wildman–Crippen MR) is 71.5 cm³/mol. The lowest BCUT2D eigenvalue weighted by Crippen LogP contribution is -1.91. The van der Waals surface area contributed by atoms with E-state index in [1.165, 1.54) is 19.2 Å². The molecule has 92 valence electrons. The molecule has 2 aromatic carbocycles. The number of methoxy groups -OCH3 is 1. The average molecular weight is 309 g/mol. The molecule has 4 heteroatoms. The minimum atomic E-state index is -0.298. The number of ether oxygens (including phenoxy) is 1. The maximum Gasteiger partial charge on any atom is 0.151 e. The van der Waals surface area contributed by atoms with Gasteiger partial charge in [0.05, 0.1) is 7.11 Å². The van der Waals surface area contributed by atoms with Crippen molar-refractivity contribution in [2.24, 2.45) is 0 Å². The highest BCUT2D eigenvalue weighted by atomic mass is 79.9. The Morgan fingerprint density at radius 3 is 2.44 bits per heavy atom. The van der Waals surface area contributed by atoms with Gasteiger partial charge in [0.25, 0.3) is 0 Å². The van der Waals surface area contributed by atoms with E-state index < -0.39 is 0 Å². The van der Waals surface area contributed by atoms with Gasteiger partial charge in [-0.3, -0.25) is 4.79 Å². The topological polar surface area (TPSA) is 26.3 Å². The van der Waals surface area contributed by atoms with Gasteiger partial charge in [0.1, 0.15) is 11.6 Å². The molecule has 2 aromatic rings. The van der Waals surface area contributed by atoms with Crippen LogP contribution in [0.2, 0.25) is 0 Å². The molecule has 2 nitrogen and oxygen atoms in total. The zero-order chi connectivity index (χ0) is 13.1. The third-order valence-corrected chi connectivity index (χ3v) is 3.48. The van der Waals surface area contributed by atoms with Gasteiger partial charge in [-0.1, -0.05) is 12.1 Å². The van der Waals surface area contributed by atoms with E-state index in [0.29, 0.717) is 15.8 Å². The lowest BCUT2D eigenvalue weighted by atomic mass is 10.0. The van der Waals surface area contributed by atoms with Gasteiger partial charge < -0.3 is 4.74 Å². The quantitative estimate of drug-likeness (QED) is 0.799. The van der Waals surface area contributed by atoms with E-state index in [1.54, 1.807) is 24.3 Å². The Morgan fingerprint density at radius 2 is 1.89 bits per heavy atom. The Bertz CT molecular complexity index is 579. The summed E-state index contributed by atoms with van der Waals surface area (Å²) in [7, 11) is 1.53. The second-order valence-electron chi connectivity index (χ2n) is 3.70. The molecule has 0 spiro atoms. The van der Waals surface area contributed by atoms with E-state index in [2.05, 4.69) is 15.9 Å². The number of hydrogen-bond acceptors (Lipinski definition) is 2. The fourth-order valence-electron chi connectivity index (χ4n) is 1.66. The van der Waals surface area contributed by atoms with E-state index >= 15 is 0 Å². The monoisotopic (exact) mass is 308 g/mol. The highest BCUT2D eigenvalue weighted by Crippen LogP contribution is 2.34. The van der Waals surface area contributed by atoms with Crippen molar-refractivity contribution in [3.63, 3.8) is 0 Å². The number of carbonyl (C=O) groups is 1. The summed E-state index contributed by atoms with van der Waals surface area (Å²) >= 11 is 3.38. The number of halogens is 2. The Labute approximate surface area is 113 Å². The Kier molecular flexibility index (Phi) is 3.77. The molecule has 0 saturated carbocycles. The lowest BCUT2D eigenvalue weighted by molar-refractivity contribution is 0.112. The van der Waals surface area contributed by atoms with Crippen LogP contribution in [0.5, 0.6) is 5.75 Å². The van der Waals surface area contributed by atoms with Gasteiger partial charge in [-0.2, -0.15) is 0 Å². The molecule has 0 radical (unpaired) electrons. The predicted octanol–water partition coefficient (Wildman–Crippen LogP) is 4.08. The first kappa shape index (κ1) is 12.8. The van der Waals surface area contributed by atoms with E-state index in [9.17, 15) is 9.18 Å². The van der Waals surface area contributed by atoms with E-state index in [0.717, 1.165) is 17.4 Å². The fourth-order valence-corrected chi connectivity index (χ4v) is 2.21. The second-order valence-corrected chi connectivity index (χ2v) is 4.50. The standard InChI is InChI=1S/C14H10BrFO2/c1-18-12-6-10(8-17)14(15)13(7-12)9-2-4-11(16)5-3-9/h2-8H,1H3. The minimum Gasteiger partial charge on any atom is -0.497 e. The molecule has 0 aliphatic carbocycles. The van der Waals surface area contributed by atoms with Crippen LogP contribution < -0.4 is 4.74 Å². The van der Waals surface area contributed by atoms with E-state index in [1.807, 2.05) is 0 Å². The van der Waals surface area contributed by atoms with Crippen LogP contribution in [0.1, 0.15) is 10.4 Å². The van der Waals surface area contributed by atoms with Crippen LogP contribution in [0.25, 0.3) is 11.1 Å². The van der Waals surface area contributed by atoms with Crippen molar-refractivity contribution in [1.29, 1.82) is 0 Å². The molecule has 0 unspecified atom stereocenters. The highest BCUT2D eigenvalue weighted by Gasteiger charge is 2.10. The maximum atomic E-state index is 12.9. The molecule has 0 saturated heterocycles. The summed E-state index contributed by atoms with van der Waals surface area (Å²) in [5.41, 5.74) is 2.09. The SMILES string of the molecule is COc1cc(C=O)c(Br)c(-c2ccc(F)cc2)c1. The molecule has 0 fully saturated rings. The molecule has 0 aliphatic heterocycles. The van der Waals surface area contributed by atoms with Crippen molar-refractivity contribution in [3.05, 3.63) is 52.3 Å². The van der Waals surface area contributed by atoms with Crippen molar-refractivity contribution < 1.29 is 13.9 Å². The number of carbonyl (C=O) groups excluding carboxylic acids is 1. The van der Waals surface area contributed by atoms with Crippen LogP contribution >= 0.6 is 15.9 Å². The van der Waals surface area contributed by atoms with Gasteiger partial charge in [0.2, 0.25) is 0 Å². The summed E-state index contributed by atoms with van der Waals surface area (Å²) in [6.07, 6.45) is 0.750. The average Bonchev–Trinajstić information content (AvgIpc) is 2.40. The third-order valence-electron chi connectivity index (χ3n) is 2.59. The van der Waals surface area contributed by atoms with Gasteiger partial charge in [0.15, 0.2) is 6.29 Å². The molecule has 0 aromatic heterocycles. The Morgan fingerprint density at radius 1 is 1.22 bits per heavy atom. The molecule has 0 aliphatic rings. The van der Waals surface area contributed by atoms with Gasteiger partial charge in [-0.05, 0) is 45.8 Å². The van der Waals surface area contributed by atoms with Crippen LogP contribution in [0.4, 0.5) is 4.39 Å². The van der Waals surface area contributed by atoms with E-state index in [4.69, 9.17) is 4.74 Å². The highest BCUT2D eigenvalue weighted by molar-refractivity contribution is 9.10. The molecule has 0 bridgehead atoms. The summed E-state index contributed by atoms with van der Waals surface area (Å²) in [4.78, 5) is 11.0. The second kappa shape index (κ2) is 5.31. The summed E-state index contributed by atoms with van der Waals surface area (Å²) in [5.74, 6) is 0.285. The van der Waals surface area contributed by atoms with Gasteiger partial charge >= 0.3 is 0 Å². The van der Waals surface area contributed by atoms with Crippen LogP contribution in [-0.4, -0.2) is 13.4 Å². The molecule has 2 rings (SSSR count). The van der Waals surface area contributed by atoms with Gasteiger partial charge in [0, 0.05) is 15.6 Å². The molecule has 18 heavy (non-hydrogen) atoms. The number of benzene rings is 2. The molecular weight excluding hydrogens is 299 g/mol. The Hall–Kier alpha value is -1.68. The third kappa shape index (κ3) is 2.43. The van der Waals surface area contributed by atoms with Gasteiger partial charge in [-0.25, -0.2) is 4.39 Å². The van der Waals surface area contributed by atoms with Crippen molar-refractivity contribution in [2.75, 3.05) is 7.11 Å². The first-order chi connectivity index (χ1) is 8.65. The largest absolute Gasteiger partial charge is 0.497 e. The molecule has 0 heterocycles. The van der Waals surface area contributed by atoms with Crippen LogP contribution in [0.15, 0.2) is 40.9 Å². The zero-order valence-electron chi connectivity index (χ0n) is 9.61. The number of aldehydes is 1.